The van der Waals surface area contributed by atoms with Gasteiger partial charge in [-0.15, -0.1) is 0 Å². The molecule has 0 amide bonds. The summed E-state index contributed by atoms with van der Waals surface area (Å²) < 4.78 is 34.6. The summed E-state index contributed by atoms with van der Waals surface area (Å²) in [5, 5.41) is 12.3. The second-order valence-corrected chi connectivity index (χ2v) is 7.06. The van der Waals surface area contributed by atoms with E-state index in [2.05, 4.69) is 4.98 Å². The molecular weight excluding hydrogens is 437 g/mol. The Labute approximate surface area is 203 Å². The van der Waals surface area contributed by atoms with Crippen LogP contribution in [0.5, 0.6) is 5.75 Å². The molecule has 0 unspecified atom stereocenters. The zero-order valence-electron chi connectivity index (χ0n) is 16.4. The van der Waals surface area contributed by atoms with Crippen LogP contribution in [0.3, 0.4) is 0 Å². The molecule has 152 valence electrons. The number of carbonyl (C=O) groups excluding carboxylic acids is 1. The Hall–Kier alpha value is -2.45. The van der Waals surface area contributed by atoms with Crippen molar-refractivity contribution < 1.29 is 53.0 Å². The van der Waals surface area contributed by atoms with Gasteiger partial charge in [0, 0.05) is 45.6 Å². The van der Waals surface area contributed by atoms with E-state index in [4.69, 9.17) is 16.3 Å². The van der Waals surface area contributed by atoms with E-state index in [9.17, 15) is 18.7 Å². The first kappa shape index (κ1) is 23.2. The second kappa shape index (κ2) is 9.78. The summed E-state index contributed by atoms with van der Waals surface area (Å²) in [6.45, 7) is 0.215. The van der Waals surface area contributed by atoms with Gasteiger partial charge in [-0.3, -0.25) is 4.98 Å². The summed E-state index contributed by atoms with van der Waals surface area (Å²) in [7, 11) is 0. The number of benzene rings is 2. The van der Waals surface area contributed by atoms with Crippen molar-refractivity contribution in [2.75, 3.05) is 0 Å². The number of carboxylic acid groups (broad SMARTS) is 1. The standard InChI is InChI=1S/C22H15ClF2N2O3.Na/c23-15-2-4-21(30-12-13-1-3-16(24)8-19(13)25)14(7-15)11-27-6-5-17-18(22(28)29)9-26-10-20(17)27;/h1-10H,11-12H2,(H,28,29);/q;+1/p-1. The van der Waals surface area contributed by atoms with Gasteiger partial charge in [-0.25, -0.2) is 8.78 Å². The van der Waals surface area contributed by atoms with Crippen LogP contribution in [0.4, 0.5) is 8.78 Å². The Morgan fingerprint density at radius 1 is 1.10 bits per heavy atom. The fourth-order valence-electron chi connectivity index (χ4n) is 3.20. The number of aromatic carboxylic acids is 1. The van der Waals surface area contributed by atoms with Crippen LogP contribution in [0, 0.1) is 11.6 Å². The smallest absolute Gasteiger partial charge is 0.545 e. The van der Waals surface area contributed by atoms with E-state index < -0.39 is 17.6 Å². The van der Waals surface area contributed by atoms with Gasteiger partial charge < -0.3 is 19.2 Å². The first-order chi connectivity index (χ1) is 14.4. The number of rotatable bonds is 6. The number of hydrogen-bond donors (Lipinski definition) is 0. The molecule has 0 spiro atoms. The number of halogens is 3. The summed E-state index contributed by atoms with van der Waals surface area (Å²) in [5.41, 5.74) is 1.51. The molecule has 2 aromatic carbocycles. The Morgan fingerprint density at radius 3 is 2.65 bits per heavy atom. The van der Waals surface area contributed by atoms with E-state index >= 15 is 0 Å². The van der Waals surface area contributed by atoms with Crippen molar-refractivity contribution >= 4 is 28.5 Å². The molecule has 0 aliphatic heterocycles. The van der Waals surface area contributed by atoms with Crippen molar-refractivity contribution in [2.24, 2.45) is 0 Å². The van der Waals surface area contributed by atoms with Crippen molar-refractivity contribution in [3.63, 3.8) is 0 Å². The maximum atomic E-state index is 13.9. The summed E-state index contributed by atoms with van der Waals surface area (Å²) in [6, 6.07) is 9.97. The van der Waals surface area contributed by atoms with E-state index in [0.717, 1.165) is 6.07 Å². The average Bonchev–Trinajstić information content (AvgIpc) is 3.11. The predicted octanol–water partition coefficient (Wildman–Crippen LogP) is 0.963. The molecule has 5 nitrogen and oxygen atoms in total. The van der Waals surface area contributed by atoms with Crippen molar-refractivity contribution in [1.82, 2.24) is 9.55 Å². The van der Waals surface area contributed by atoms with Crippen LogP contribution in [-0.2, 0) is 13.2 Å². The van der Waals surface area contributed by atoms with Crippen LogP contribution in [0.2, 0.25) is 5.02 Å². The van der Waals surface area contributed by atoms with Crippen LogP contribution < -0.4 is 39.4 Å². The van der Waals surface area contributed by atoms with Gasteiger partial charge in [0.2, 0.25) is 0 Å². The Kier molecular flexibility index (Phi) is 7.33. The first-order valence-corrected chi connectivity index (χ1v) is 9.29. The van der Waals surface area contributed by atoms with Gasteiger partial charge in [-0.2, -0.15) is 0 Å². The largest absolute Gasteiger partial charge is 1.00 e. The monoisotopic (exact) mass is 450 g/mol. The molecule has 2 aromatic heterocycles. The van der Waals surface area contributed by atoms with Crippen molar-refractivity contribution in [3.8, 4) is 5.75 Å². The summed E-state index contributed by atoms with van der Waals surface area (Å²) in [5.74, 6) is -2.19. The minimum absolute atomic E-state index is 0. The fourth-order valence-corrected chi connectivity index (χ4v) is 3.39. The molecule has 0 bridgehead atoms. The maximum Gasteiger partial charge on any atom is 1.00 e. The number of carbonyl (C=O) groups is 1. The van der Waals surface area contributed by atoms with Gasteiger partial charge >= 0.3 is 29.6 Å². The Balaban J connectivity index is 0.00000272. The van der Waals surface area contributed by atoms with Crippen molar-refractivity contribution in [2.45, 2.75) is 13.2 Å². The van der Waals surface area contributed by atoms with Gasteiger partial charge in [0.15, 0.2) is 0 Å². The van der Waals surface area contributed by atoms with Crippen LogP contribution in [-0.4, -0.2) is 15.5 Å². The van der Waals surface area contributed by atoms with Crippen LogP contribution >= 0.6 is 11.6 Å². The minimum atomic E-state index is -1.31. The van der Waals surface area contributed by atoms with E-state index in [0.29, 0.717) is 33.8 Å². The SMILES string of the molecule is O=C([O-])c1cncc2c1ccn2Cc1cc(Cl)ccc1OCc1ccc(F)cc1F.[Na+]. The van der Waals surface area contributed by atoms with E-state index in [1.807, 2.05) is 0 Å². The molecule has 0 saturated carbocycles. The van der Waals surface area contributed by atoms with Gasteiger partial charge in [0.25, 0.3) is 0 Å². The molecule has 0 aliphatic carbocycles. The average molecular weight is 451 g/mol. The first-order valence-electron chi connectivity index (χ1n) is 8.91. The molecule has 0 N–H and O–H groups in total. The number of carboxylic acids is 1. The summed E-state index contributed by atoms with van der Waals surface area (Å²) in [4.78, 5) is 15.3. The van der Waals surface area contributed by atoms with E-state index in [1.54, 1.807) is 41.2 Å². The number of hydrogen-bond acceptors (Lipinski definition) is 4. The molecule has 0 aliphatic rings. The second-order valence-electron chi connectivity index (χ2n) is 6.63. The van der Waals surface area contributed by atoms with E-state index in [-0.39, 0.29) is 47.3 Å². The topological polar surface area (TPSA) is 67.2 Å². The molecule has 2 heterocycles. The maximum absolute atomic E-state index is 13.9. The van der Waals surface area contributed by atoms with Crippen molar-refractivity contribution in [1.29, 1.82) is 0 Å². The number of fused-ring (bicyclic) bond motifs is 1. The van der Waals surface area contributed by atoms with Gasteiger partial charge in [0.05, 0.1) is 24.2 Å². The molecule has 0 saturated heterocycles. The third-order valence-electron chi connectivity index (χ3n) is 4.68. The Bertz CT molecular complexity index is 1260. The van der Waals surface area contributed by atoms with Crippen molar-refractivity contribution in [3.05, 3.63) is 94.4 Å². The van der Waals surface area contributed by atoms with Crippen LogP contribution in [0.1, 0.15) is 21.5 Å². The third kappa shape index (κ3) is 5.07. The fraction of sp³-hybridized carbons (Fsp3) is 0.0909. The quantitative estimate of drug-likeness (QED) is 0.410. The van der Waals surface area contributed by atoms with E-state index in [1.165, 1.54) is 18.3 Å². The zero-order valence-corrected chi connectivity index (χ0v) is 19.2. The minimum Gasteiger partial charge on any atom is -0.545 e. The number of aromatic nitrogens is 2. The zero-order chi connectivity index (χ0) is 21.3. The third-order valence-corrected chi connectivity index (χ3v) is 4.91. The van der Waals surface area contributed by atoms with Gasteiger partial charge in [0.1, 0.15) is 24.0 Å². The molecule has 0 atom stereocenters. The molecule has 9 heteroatoms. The number of nitrogens with zero attached hydrogens (tertiary/aromatic N) is 2. The van der Waals surface area contributed by atoms with Crippen LogP contribution in [0.15, 0.2) is 61.1 Å². The summed E-state index contributed by atoms with van der Waals surface area (Å²) in [6.07, 6.45) is 4.52. The number of pyridine rings is 1. The predicted molar refractivity (Wildman–Crippen MR) is 105 cm³/mol. The normalized spacial score (nSPS) is 10.7. The molecule has 4 rings (SSSR count). The Morgan fingerprint density at radius 2 is 1.90 bits per heavy atom. The molecular formula is C22H14ClF2N2NaO3. The van der Waals surface area contributed by atoms with Crippen LogP contribution in [0.25, 0.3) is 10.9 Å². The molecule has 0 fully saturated rings. The van der Waals surface area contributed by atoms with Gasteiger partial charge in [-0.05, 0) is 36.4 Å². The molecule has 31 heavy (non-hydrogen) atoms. The number of ether oxygens (including phenoxy) is 1. The van der Waals surface area contributed by atoms with Gasteiger partial charge in [-0.1, -0.05) is 11.6 Å². The molecule has 4 aromatic rings. The molecule has 0 radical (unpaired) electrons. The summed E-state index contributed by atoms with van der Waals surface area (Å²) >= 11 is 6.14.